The number of piperidine rings is 1. The second-order valence-electron chi connectivity index (χ2n) is 6.17. The van der Waals surface area contributed by atoms with Crippen molar-refractivity contribution in [2.45, 2.75) is 31.4 Å². The lowest BCUT2D eigenvalue weighted by molar-refractivity contribution is -0.138. The summed E-state index contributed by atoms with van der Waals surface area (Å²) in [4.78, 5) is 17.3. The van der Waals surface area contributed by atoms with Crippen LogP contribution >= 0.6 is 0 Å². The molecule has 2 saturated heterocycles. The number of carbonyl (C=O) groups excluding carboxylic acids is 1. The van der Waals surface area contributed by atoms with Crippen LogP contribution < -0.4 is 0 Å². The molecule has 1 aromatic heterocycles. The van der Waals surface area contributed by atoms with Gasteiger partial charge >= 0.3 is 0 Å². The number of likely N-dealkylation sites (tertiary alicyclic amines) is 1. The van der Waals surface area contributed by atoms with E-state index in [0.29, 0.717) is 45.5 Å². The second kappa shape index (κ2) is 6.62. The van der Waals surface area contributed by atoms with Crippen LogP contribution in [-0.2, 0) is 26.0 Å². The average Bonchev–Trinajstić information content (AvgIpc) is 3.04. The quantitative estimate of drug-likeness (QED) is 0.849. The molecule has 2 fully saturated rings. The molecule has 2 aliphatic rings. The van der Waals surface area contributed by atoms with Crippen LogP contribution in [0.3, 0.4) is 0 Å². The fraction of sp³-hybridized carbons (Fsp3) is 0.667. The summed E-state index contributed by atoms with van der Waals surface area (Å²) in [5.74, 6) is 0.0667. The number of hydrogen-bond donors (Lipinski definition) is 1. The van der Waals surface area contributed by atoms with Gasteiger partial charge < -0.3 is 14.6 Å². The molecule has 0 radical (unpaired) electrons. The third kappa shape index (κ3) is 3.76. The topological polar surface area (TPSA) is 82.7 Å². The molecule has 2 aliphatic heterocycles. The number of aryl methyl sites for hydroxylation is 1. The highest BCUT2D eigenvalue weighted by atomic mass is 32.2. The molecule has 0 aromatic carbocycles. The fourth-order valence-electron chi connectivity index (χ4n) is 3.40. The average molecular weight is 341 g/mol. The first-order valence-corrected chi connectivity index (χ1v) is 9.78. The van der Waals surface area contributed by atoms with Crippen LogP contribution in [0.25, 0.3) is 0 Å². The third-order valence-electron chi connectivity index (χ3n) is 4.58. The number of rotatable bonds is 4. The maximum Gasteiger partial charge on any atom is 0.223 e. The van der Waals surface area contributed by atoms with Crippen LogP contribution in [0, 0.1) is 0 Å². The van der Waals surface area contributed by atoms with Gasteiger partial charge in [0.2, 0.25) is 15.9 Å². The van der Waals surface area contributed by atoms with Gasteiger partial charge in [0.05, 0.1) is 25.0 Å². The predicted octanol–water partition coefficient (Wildman–Crippen LogP) is 0.209. The smallest absolute Gasteiger partial charge is 0.223 e. The predicted molar refractivity (Wildman–Crippen MR) is 85.4 cm³/mol. The Morgan fingerprint density at radius 1 is 1.43 bits per heavy atom. The lowest BCUT2D eigenvalue weighted by atomic mass is 10.00. The van der Waals surface area contributed by atoms with Crippen molar-refractivity contribution in [1.82, 2.24) is 14.2 Å². The Bertz CT molecular complexity index is 644. The van der Waals surface area contributed by atoms with Crippen LogP contribution in [-0.4, -0.2) is 73.2 Å². The van der Waals surface area contributed by atoms with Gasteiger partial charge in [-0.3, -0.25) is 4.79 Å². The standard InChI is InChI=1S/C15H23N3O4S/c1-23(20,21)18-9-10-22-14-6-8-17(11-13(14)18)15(19)5-4-12-3-2-7-16-12/h2-3,7,13-14,16H,4-6,8-11H2,1H3/t13-,14-/m0/s1. The van der Waals surface area contributed by atoms with Crippen molar-refractivity contribution in [3.8, 4) is 0 Å². The van der Waals surface area contributed by atoms with E-state index in [0.717, 1.165) is 5.69 Å². The van der Waals surface area contributed by atoms with Crippen molar-refractivity contribution in [1.29, 1.82) is 0 Å². The molecule has 1 aromatic rings. The van der Waals surface area contributed by atoms with E-state index in [1.165, 1.54) is 10.6 Å². The molecule has 1 N–H and O–H groups in total. The summed E-state index contributed by atoms with van der Waals surface area (Å²) < 4.78 is 31.1. The number of H-pyrrole nitrogens is 1. The molecule has 128 valence electrons. The molecular weight excluding hydrogens is 318 g/mol. The van der Waals surface area contributed by atoms with Crippen molar-refractivity contribution in [2.75, 3.05) is 32.5 Å². The minimum Gasteiger partial charge on any atom is -0.375 e. The summed E-state index contributed by atoms with van der Waals surface area (Å²) in [5.41, 5.74) is 1.03. The number of amides is 1. The van der Waals surface area contributed by atoms with E-state index in [2.05, 4.69) is 4.98 Å². The molecule has 2 atom stereocenters. The van der Waals surface area contributed by atoms with Crippen LogP contribution in [0.2, 0.25) is 0 Å². The molecule has 8 heteroatoms. The van der Waals surface area contributed by atoms with Gasteiger partial charge in [0.25, 0.3) is 0 Å². The maximum atomic E-state index is 12.4. The number of ether oxygens (including phenoxy) is 1. The molecule has 0 unspecified atom stereocenters. The Labute approximate surface area is 136 Å². The minimum absolute atomic E-state index is 0.0667. The molecule has 0 bridgehead atoms. The first-order valence-electron chi connectivity index (χ1n) is 7.93. The molecule has 1 amide bonds. The fourth-order valence-corrected chi connectivity index (χ4v) is 4.50. The normalized spacial score (nSPS) is 26.0. The van der Waals surface area contributed by atoms with Gasteiger partial charge in [-0.25, -0.2) is 8.42 Å². The van der Waals surface area contributed by atoms with Gasteiger partial charge in [-0.1, -0.05) is 0 Å². The van der Waals surface area contributed by atoms with E-state index in [-0.39, 0.29) is 18.1 Å². The van der Waals surface area contributed by atoms with Crippen molar-refractivity contribution >= 4 is 15.9 Å². The van der Waals surface area contributed by atoms with Crippen LogP contribution in [0.15, 0.2) is 18.3 Å². The molecule has 3 rings (SSSR count). The molecule has 0 spiro atoms. The number of aromatic nitrogens is 1. The molecule has 7 nitrogen and oxygen atoms in total. The van der Waals surface area contributed by atoms with E-state index in [1.54, 1.807) is 4.90 Å². The Morgan fingerprint density at radius 3 is 2.96 bits per heavy atom. The number of fused-ring (bicyclic) bond motifs is 1. The minimum atomic E-state index is -3.28. The first-order chi connectivity index (χ1) is 10.9. The molecule has 23 heavy (non-hydrogen) atoms. The van der Waals surface area contributed by atoms with E-state index in [1.807, 2.05) is 18.3 Å². The molecule has 0 saturated carbocycles. The Balaban J connectivity index is 1.63. The van der Waals surface area contributed by atoms with E-state index < -0.39 is 10.0 Å². The van der Waals surface area contributed by atoms with Gasteiger partial charge in [-0.05, 0) is 25.0 Å². The highest BCUT2D eigenvalue weighted by Crippen LogP contribution is 2.25. The number of hydrogen-bond acceptors (Lipinski definition) is 4. The summed E-state index contributed by atoms with van der Waals surface area (Å²) in [5, 5.41) is 0. The largest absolute Gasteiger partial charge is 0.375 e. The Hall–Kier alpha value is -1.38. The van der Waals surface area contributed by atoms with Crippen molar-refractivity contribution in [3.05, 3.63) is 24.0 Å². The number of nitrogens with zero attached hydrogens (tertiary/aromatic N) is 2. The Morgan fingerprint density at radius 2 is 2.26 bits per heavy atom. The van der Waals surface area contributed by atoms with Gasteiger partial charge in [0.15, 0.2) is 0 Å². The zero-order valence-electron chi connectivity index (χ0n) is 13.3. The lowest BCUT2D eigenvalue weighted by Crippen LogP contribution is -2.61. The maximum absolute atomic E-state index is 12.4. The lowest BCUT2D eigenvalue weighted by Gasteiger charge is -2.45. The zero-order chi connectivity index (χ0) is 16.4. The van der Waals surface area contributed by atoms with E-state index in [9.17, 15) is 13.2 Å². The van der Waals surface area contributed by atoms with Crippen molar-refractivity contribution in [2.24, 2.45) is 0 Å². The summed E-state index contributed by atoms with van der Waals surface area (Å²) >= 11 is 0. The summed E-state index contributed by atoms with van der Waals surface area (Å²) in [6.45, 7) is 1.84. The molecule has 3 heterocycles. The van der Waals surface area contributed by atoms with Crippen LogP contribution in [0.4, 0.5) is 0 Å². The molecule has 0 aliphatic carbocycles. The second-order valence-corrected chi connectivity index (χ2v) is 8.11. The Kier molecular flexibility index (Phi) is 4.74. The summed E-state index contributed by atoms with van der Waals surface area (Å²) in [6, 6.07) is 3.61. The van der Waals surface area contributed by atoms with Gasteiger partial charge in [0, 0.05) is 37.9 Å². The summed E-state index contributed by atoms with van der Waals surface area (Å²) in [7, 11) is -3.28. The monoisotopic (exact) mass is 341 g/mol. The van der Waals surface area contributed by atoms with Gasteiger partial charge in [-0.2, -0.15) is 4.31 Å². The number of carbonyl (C=O) groups is 1. The van der Waals surface area contributed by atoms with E-state index >= 15 is 0 Å². The van der Waals surface area contributed by atoms with Crippen molar-refractivity contribution in [3.63, 3.8) is 0 Å². The van der Waals surface area contributed by atoms with Crippen LogP contribution in [0.5, 0.6) is 0 Å². The SMILES string of the molecule is CS(=O)(=O)N1CCO[C@H]2CCN(C(=O)CCc3ccc[nH]3)C[C@@H]21. The first kappa shape index (κ1) is 16.5. The highest BCUT2D eigenvalue weighted by Gasteiger charge is 2.41. The zero-order valence-corrected chi connectivity index (χ0v) is 14.1. The van der Waals surface area contributed by atoms with Gasteiger partial charge in [-0.15, -0.1) is 0 Å². The number of morpholine rings is 1. The molecular formula is C15H23N3O4S. The number of nitrogens with one attached hydrogen (secondary N) is 1. The van der Waals surface area contributed by atoms with Crippen LogP contribution in [0.1, 0.15) is 18.5 Å². The van der Waals surface area contributed by atoms with Gasteiger partial charge in [0.1, 0.15) is 0 Å². The van der Waals surface area contributed by atoms with E-state index in [4.69, 9.17) is 4.74 Å². The number of sulfonamides is 1. The van der Waals surface area contributed by atoms with Crippen molar-refractivity contribution < 1.29 is 17.9 Å². The highest BCUT2D eigenvalue weighted by molar-refractivity contribution is 7.88. The number of aromatic amines is 1. The third-order valence-corrected chi connectivity index (χ3v) is 5.89. The summed E-state index contributed by atoms with van der Waals surface area (Å²) in [6.07, 6.45) is 4.74.